The lowest BCUT2D eigenvalue weighted by Gasteiger charge is -2.33. The molecule has 0 fully saturated rings. The number of nitrogens with two attached hydrogens (primary N) is 1. The summed E-state index contributed by atoms with van der Waals surface area (Å²) in [5, 5.41) is 5.05. The van der Waals surface area contributed by atoms with Gasteiger partial charge in [0.1, 0.15) is 5.82 Å². The smallest absolute Gasteiger partial charge is 0.298 e. The number of carbonyl (C=O) groups is 1. The fourth-order valence-corrected chi connectivity index (χ4v) is 6.18. The van der Waals surface area contributed by atoms with Gasteiger partial charge in [-0.25, -0.2) is 17.9 Å². The van der Waals surface area contributed by atoms with E-state index in [2.05, 4.69) is 0 Å². The predicted molar refractivity (Wildman–Crippen MR) is 103 cm³/mol. The molecular weight excluding hydrogens is 487 g/mol. The van der Waals surface area contributed by atoms with E-state index in [1.807, 2.05) is 0 Å². The third-order valence-corrected chi connectivity index (χ3v) is 7.88. The van der Waals surface area contributed by atoms with Crippen LogP contribution in [-0.4, -0.2) is 20.9 Å². The molecule has 1 unspecified atom stereocenters. The average molecular weight is 499 g/mol. The molecule has 0 radical (unpaired) electrons. The molecule has 1 atom stereocenters. The molecule has 2 aromatic carbocycles. The summed E-state index contributed by atoms with van der Waals surface area (Å²) in [7, 11) is -5.62. The minimum Gasteiger partial charge on any atom is -0.298 e. The second-order valence-corrected chi connectivity index (χ2v) is 9.66. The molecule has 0 bridgehead atoms. The number of thiophene rings is 1. The summed E-state index contributed by atoms with van der Waals surface area (Å²) in [6.07, 6.45) is -12.5. The van der Waals surface area contributed by atoms with Crippen LogP contribution in [0.2, 0.25) is 0 Å². The molecule has 3 aromatic rings. The minimum atomic E-state index is -5.65. The summed E-state index contributed by atoms with van der Waals surface area (Å²) in [5.41, 5.74) is -3.26. The van der Waals surface area contributed by atoms with Crippen molar-refractivity contribution >= 4 is 37.7 Å². The van der Waals surface area contributed by atoms with Crippen molar-refractivity contribution in [1.29, 1.82) is 0 Å². The molecule has 0 amide bonds. The maximum Gasteiger partial charge on any atom is 0.419 e. The zero-order chi connectivity index (χ0) is 24.1. The largest absolute Gasteiger partial charge is 0.419 e. The summed E-state index contributed by atoms with van der Waals surface area (Å²) < 4.78 is 117. The van der Waals surface area contributed by atoms with E-state index < -0.39 is 60.9 Å². The van der Waals surface area contributed by atoms with Gasteiger partial charge < -0.3 is 0 Å². The quantitative estimate of drug-likeness (QED) is 0.389. The molecule has 0 saturated heterocycles. The second kappa shape index (κ2) is 7.81. The van der Waals surface area contributed by atoms with Gasteiger partial charge in [-0.2, -0.15) is 26.3 Å². The normalized spacial score (nSPS) is 15.0. The van der Waals surface area contributed by atoms with E-state index in [9.17, 15) is 43.9 Å². The molecule has 3 rings (SSSR count). The number of halogens is 7. The van der Waals surface area contributed by atoms with E-state index >= 15 is 0 Å². The third kappa shape index (κ3) is 3.88. The van der Waals surface area contributed by atoms with Crippen molar-refractivity contribution in [2.24, 2.45) is 5.14 Å². The van der Waals surface area contributed by atoms with Gasteiger partial charge in [0.2, 0.25) is 14.8 Å². The summed E-state index contributed by atoms with van der Waals surface area (Å²) in [4.78, 5) is 10.7. The molecule has 0 aliphatic rings. The highest BCUT2D eigenvalue weighted by molar-refractivity contribution is 7.90. The van der Waals surface area contributed by atoms with Crippen LogP contribution in [0.3, 0.4) is 0 Å². The Balaban J connectivity index is 2.39. The van der Waals surface area contributed by atoms with E-state index in [-0.39, 0.29) is 28.5 Å². The molecule has 0 aliphatic heterocycles. The topological polar surface area (TPSA) is 77.2 Å². The van der Waals surface area contributed by atoms with Gasteiger partial charge in [0.05, 0.1) is 5.56 Å². The Morgan fingerprint density at radius 1 is 1.00 bits per heavy atom. The van der Waals surface area contributed by atoms with Crippen molar-refractivity contribution in [3.05, 3.63) is 69.8 Å². The van der Waals surface area contributed by atoms with Crippen LogP contribution in [0.15, 0.2) is 42.5 Å². The number of benzene rings is 2. The van der Waals surface area contributed by atoms with Crippen molar-refractivity contribution in [2.45, 2.75) is 23.5 Å². The summed E-state index contributed by atoms with van der Waals surface area (Å²) >= 11 is 0.335. The average Bonchev–Trinajstić information content (AvgIpc) is 3.02. The van der Waals surface area contributed by atoms with E-state index in [4.69, 9.17) is 5.14 Å². The number of hydrogen-bond acceptors (Lipinski definition) is 4. The Hall–Kier alpha value is -2.51. The monoisotopic (exact) mass is 499 g/mol. The lowest BCUT2D eigenvalue weighted by atomic mass is 9.92. The van der Waals surface area contributed by atoms with E-state index in [1.165, 1.54) is 24.3 Å². The number of alkyl halides is 6. The molecule has 2 N–H and O–H groups in total. The SMILES string of the molecule is NS(=O)(=O)C(Cc1ccc(F)c(C(F)(F)F)c1)(c1sc2ccccc2c1C=O)C(F)(F)F. The van der Waals surface area contributed by atoms with Crippen molar-refractivity contribution in [2.75, 3.05) is 0 Å². The number of primary sulfonamides is 1. The number of fused-ring (bicyclic) bond motifs is 1. The zero-order valence-corrected chi connectivity index (χ0v) is 17.2. The highest BCUT2D eigenvalue weighted by Crippen LogP contribution is 2.52. The Bertz CT molecular complexity index is 1300. The van der Waals surface area contributed by atoms with Gasteiger partial charge in [-0.3, -0.25) is 4.79 Å². The fraction of sp³-hybridized carbons (Fsp3) is 0.211. The van der Waals surface area contributed by atoms with Crippen LogP contribution >= 0.6 is 11.3 Å². The molecule has 0 aliphatic carbocycles. The third-order valence-electron chi connectivity index (χ3n) is 4.85. The van der Waals surface area contributed by atoms with Gasteiger partial charge in [-0.15, -0.1) is 11.3 Å². The van der Waals surface area contributed by atoms with Gasteiger partial charge in [0.25, 0.3) is 0 Å². The van der Waals surface area contributed by atoms with Gasteiger partial charge >= 0.3 is 12.4 Å². The van der Waals surface area contributed by atoms with E-state index in [0.29, 0.717) is 17.4 Å². The van der Waals surface area contributed by atoms with E-state index in [1.54, 1.807) is 0 Å². The first-order chi connectivity index (χ1) is 14.6. The first-order valence-corrected chi connectivity index (χ1v) is 10.9. The Kier molecular flexibility index (Phi) is 5.89. The lowest BCUT2D eigenvalue weighted by Crippen LogP contribution is -2.53. The fourth-order valence-electron chi connectivity index (χ4n) is 3.37. The standard InChI is InChI=1S/C19H12F7NO3S2/c20-14-6-5-10(7-13(14)18(21,22)23)8-17(19(24,25)26,32(27,29)30)16-12(9-28)11-3-1-2-4-15(11)31-16/h1-7,9H,8H2,(H2,27,29,30). The lowest BCUT2D eigenvalue weighted by molar-refractivity contribution is -0.163. The minimum absolute atomic E-state index is 0.0230. The number of rotatable bonds is 5. The van der Waals surface area contributed by atoms with Crippen LogP contribution in [-0.2, 0) is 27.4 Å². The molecule has 1 aromatic heterocycles. The number of carbonyl (C=O) groups excluding carboxylic acids is 1. The maximum atomic E-state index is 14.4. The van der Waals surface area contributed by atoms with E-state index in [0.717, 1.165) is 0 Å². The Morgan fingerprint density at radius 2 is 1.62 bits per heavy atom. The summed E-state index contributed by atoms with van der Waals surface area (Å²) in [6.45, 7) is 0. The molecule has 13 heteroatoms. The van der Waals surface area contributed by atoms with Crippen LogP contribution in [0.25, 0.3) is 10.1 Å². The Labute approximate surface area is 180 Å². The van der Waals surface area contributed by atoms with Crippen molar-refractivity contribution in [1.82, 2.24) is 0 Å². The zero-order valence-electron chi connectivity index (χ0n) is 15.6. The predicted octanol–water partition coefficient (Wildman–Crippen LogP) is 5.16. The molecule has 0 spiro atoms. The maximum absolute atomic E-state index is 14.4. The summed E-state index contributed by atoms with van der Waals surface area (Å²) in [5.74, 6) is -1.75. The van der Waals surface area contributed by atoms with Gasteiger partial charge in [0.15, 0.2) is 6.29 Å². The first-order valence-electron chi connectivity index (χ1n) is 8.55. The van der Waals surface area contributed by atoms with Crippen LogP contribution in [0.5, 0.6) is 0 Å². The van der Waals surface area contributed by atoms with Gasteiger partial charge in [-0.1, -0.05) is 24.3 Å². The molecule has 0 saturated carbocycles. The molecule has 32 heavy (non-hydrogen) atoms. The summed E-state index contributed by atoms with van der Waals surface area (Å²) in [6, 6.07) is 6.48. The van der Waals surface area contributed by atoms with Crippen molar-refractivity contribution < 1.29 is 43.9 Å². The van der Waals surface area contributed by atoms with Gasteiger partial charge in [-0.05, 0) is 23.8 Å². The molecule has 1 heterocycles. The van der Waals surface area contributed by atoms with Crippen LogP contribution in [0.4, 0.5) is 30.7 Å². The molecule has 4 nitrogen and oxygen atoms in total. The highest BCUT2D eigenvalue weighted by Gasteiger charge is 2.65. The number of hydrogen-bond donors (Lipinski definition) is 1. The van der Waals surface area contributed by atoms with Crippen molar-refractivity contribution in [3.63, 3.8) is 0 Å². The van der Waals surface area contributed by atoms with Crippen LogP contribution in [0.1, 0.15) is 26.4 Å². The Morgan fingerprint density at radius 3 is 2.16 bits per heavy atom. The second-order valence-electron chi connectivity index (χ2n) is 6.82. The molecule has 172 valence electrons. The number of sulfonamides is 1. The van der Waals surface area contributed by atoms with Crippen molar-refractivity contribution in [3.8, 4) is 0 Å². The van der Waals surface area contributed by atoms with Crippen LogP contribution < -0.4 is 5.14 Å². The van der Waals surface area contributed by atoms with Crippen LogP contribution in [0, 0.1) is 5.82 Å². The highest BCUT2D eigenvalue weighted by atomic mass is 32.2. The number of aldehydes is 1. The van der Waals surface area contributed by atoms with Gasteiger partial charge in [0, 0.05) is 26.9 Å². The first kappa shape index (κ1) is 24.1. The molecular formula is C19H12F7NO3S2.